The summed E-state index contributed by atoms with van der Waals surface area (Å²) in [5.41, 5.74) is 0.0841. The van der Waals surface area contributed by atoms with Gasteiger partial charge in [0.25, 0.3) is 0 Å². The standard InChI is InChI=1S/C14H18BrClN2O3/c1-14(2,3)21-13(20)18-6-9(7-18)17-12-10(15)4-8(16)5-11(12)19/h4-5,9,17,19H,6-7H2,1-3H3. The van der Waals surface area contributed by atoms with Gasteiger partial charge in [-0.2, -0.15) is 0 Å². The summed E-state index contributed by atoms with van der Waals surface area (Å²) >= 11 is 9.20. The molecule has 0 unspecified atom stereocenters. The molecule has 1 aromatic carbocycles. The molecule has 1 aliphatic heterocycles. The monoisotopic (exact) mass is 376 g/mol. The average molecular weight is 378 g/mol. The summed E-state index contributed by atoms with van der Waals surface area (Å²) in [6.45, 7) is 6.57. The van der Waals surface area contributed by atoms with Gasteiger partial charge in [0.1, 0.15) is 11.4 Å². The van der Waals surface area contributed by atoms with Crippen LogP contribution in [0.5, 0.6) is 5.75 Å². The minimum Gasteiger partial charge on any atom is -0.506 e. The molecule has 0 atom stereocenters. The molecule has 21 heavy (non-hydrogen) atoms. The molecule has 2 rings (SSSR count). The van der Waals surface area contributed by atoms with Crippen LogP contribution in [0.2, 0.25) is 5.02 Å². The second kappa shape index (κ2) is 5.93. The first-order valence-corrected chi connectivity index (χ1v) is 7.75. The van der Waals surface area contributed by atoms with Crippen LogP contribution in [-0.4, -0.2) is 40.8 Å². The van der Waals surface area contributed by atoms with E-state index in [1.54, 1.807) is 11.0 Å². The van der Waals surface area contributed by atoms with Crippen molar-refractivity contribution in [2.24, 2.45) is 0 Å². The highest BCUT2D eigenvalue weighted by Crippen LogP contribution is 2.36. The van der Waals surface area contributed by atoms with Crippen LogP contribution in [0.15, 0.2) is 16.6 Å². The molecule has 1 amide bonds. The van der Waals surface area contributed by atoms with Gasteiger partial charge in [0.2, 0.25) is 0 Å². The van der Waals surface area contributed by atoms with Gasteiger partial charge in [-0.1, -0.05) is 11.6 Å². The van der Waals surface area contributed by atoms with Crippen molar-refractivity contribution in [3.63, 3.8) is 0 Å². The van der Waals surface area contributed by atoms with Crippen molar-refractivity contribution in [1.82, 2.24) is 4.90 Å². The van der Waals surface area contributed by atoms with Crippen molar-refractivity contribution in [2.75, 3.05) is 18.4 Å². The van der Waals surface area contributed by atoms with E-state index < -0.39 is 5.60 Å². The van der Waals surface area contributed by atoms with E-state index in [4.69, 9.17) is 16.3 Å². The number of phenols is 1. The molecule has 1 heterocycles. The molecule has 5 nitrogen and oxygen atoms in total. The van der Waals surface area contributed by atoms with Crippen LogP contribution in [0.4, 0.5) is 10.5 Å². The van der Waals surface area contributed by atoms with Crippen LogP contribution in [0.25, 0.3) is 0 Å². The number of hydrogen-bond donors (Lipinski definition) is 2. The topological polar surface area (TPSA) is 61.8 Å². The summed E-state index contributed by atoms with van der Waals surface area (Å²) in [4.78, 5) is 13.4. The van der Waals surface area contributed by atoms with Gasteiger partial charge in [0.15, 0.2) is 0 Å². The van der Waals surface area contributed by atoms with Gasteiger partial charge in [-0.15, -0.1) is 0 Å². The summed E-state index contributed by atoms with van der Waals surface area (Å²) in [6.07, 6.45) is -0.319. The molecule has 0 aliphatic carbocycles. The largest absolute Gasteiger partial charge is 0.506 e. The predicted octanol–water partition coefficient (Wildman–Crippen LogP) is 3.84. The van der Waals surface area contributed by atoms with Gasteiger partial charge in [0.05, 0.1) is 11.7 Å². The van der Waals surface area contributed by atoms with E-state index in [0.717, 1.165) is 0 Å². The Balaban J connectivity index is 1.90. The Labute approximate surface area is 137 Å². The van der Waals surface area contributed by atoms with E-state index in [1.807, 2.05) is 20.8 Å². The van der Waals surface area contributed by atoms with Crippen LogP contribution in [0, 0.1) is 0 Å². The van der Waals surface area contributed by atoms with Gasteiger partial charge >= 0.3 is 6.09 Å². The number of benzene rings is 1. The van der Waals surface area contributed by atoms with Crippen molar-refractivity contribution >= 4 is 39.3 Å². The molecule has 7 heteroatoms. The zero-order valence-electron chi connectivity index (χ0n) is 12.1. The Bertz CT molecular complexity index is 531. The van der Waals surface area contributed by atoms with Crippen LogP contribution in [-0.2, 0) is 4.74 Å². The number of halogens is 2. The normalized spacial score (nSPS) is 15.6. The number of anilines is 1. The molecule has 1 aromatic rings. The van der Waals surface area contributed by atoms with Crippen molar-refractivity contribution in [3.05, 3.63) is 21.6 Å². The second-order valence-electron chi connectivity index (χ2n) is 6.01. The van der Waals surface area contributed by atoms with Crippen molar-refractivity contribution in [3.8, 4) is 5.75 Å². The zero-order valence-corrected chi connectivity index (χ0v) is 14.5. The fourth-order valence-corrected chi connectivity index (χ4v) is 2.86. The van der Waals surface area contributed by atoms with Gasteiger partial charge in [0, 0.05) is 28.7 Å². The lowest BCUT2D eigenvalue weighted by Crippen LogP contribution is -2.57. The number of carbonyl (C=O) groups excluding carboxylic acids is 1. The Morgan fingerprint density at radius 2 is 2.10 bits per heavy atom. The molecule has 0 saturated carbocycles. The number of rotatable bonds is 2. The van der Waals surface area contributed by atoms with Gasteiger partial charge in [-0.3, -0.25) is 0 Å². The Morgan fingerprint density at radius 1 is 1.48 bits per heavy atom. The summed E-state index contributed by atoms with van der Waals surface area (Å²) in [5.74, 6) is 0.0742. The molecule has 0 bridgehead atoms. The quantitative estimate of drug-likeness (QED) is 0.769. The maximum atomic E-state index is 11.8. The summed E-state index contributed by atoms with van der Waals surface area (Å²) in [7, 11) is 0. The molecule has 0 aromatic heterocycles. The SMILES string of the molecule is CC(C)(C)OC(=O)N1CC(Nc2c(O)cc(Cl)cc2Br)C1. The van der Waals surface area contributed by atoms with Gasteiger partial charge < -0.3 is 20.1 Å². The first-order chi connectivity index (χ1) is 9.65. The fraction of sp³-hybridized carbons (Fsp3) is 0.500. The van der Waals surface area contributed by atoms with E-state index >= 15 is 0 Å². The molecule has 1 aliphatic rings. The number of amides is 1. The third-order valence-electron chi connectivity index (χ3n) is 2.92. The van der Waals surface area contributed by atoms with Crippen molar-refractivity contribution in [1.29, 1.82) is 0 Å². The molecule has 0 spiro atoms. The van der Waals surface area contributed by atoms with Crippen LogP contribution in [0.1, 0.15) is 20.8 Å². The maximum absolute atomic E-state index is 11.8. The van der Waals surface area contributed by atoms with Crippen LogP contribution in [0.3, 0.4) is 0 Å². The number of aromatic hydroxyl groups is 1. The van der Waals surface area contributed by atoms with Crippen LogP contribution < -0.4 is 5.32 Å². The molecule has 0 radical (unpaired) electrons. The summed E-state index contributed by atoms with van der Waals surface area (Å²) in [6, 6.07) is 3.24. The lowest BCUT2D eigenvalue weighted by molar-refractivity contribution is 0.0105. The number of carbonyl (C=O) groups is 1. The molecule has 116 valence electrons. The second-order valence-corrected chi connectivity index (χ2v) is 7.30. The number of likely N-dealkylation sites (tertiary alicyclic amines) is 1. The van der Waals surface area contributed by atoms with E-state index in [2.05, 4.69) is 21.2 Å². The predicted molar refractivity (Wildman–Crippen MR) is 86.0 cm³/mol. The minimum absolute atomic E-state index is 0.0703. The Morgan fingerprint density at radius 3 is 2.62 bits per heavy atom. The van der Waals surface area contributed by atoms with Gasteiger partial charge in [-0.25, -0.2) is 4.79 Å². The number of ether oxygens (including phenoxy) is 1. The van der Waals surface area contributed by atoms with E-state index in [9.17, 15) is 9.90 Å². The molecule has 1 fully saturated rings. The third kappa shape index (κ3) is 4.17. The lowest BCUT2D eigenvalue weighted by atomic mass is 10.1. The third-order valence-corrected chi connectivity index (χ3v) is 3.76. The lowest BCUT2D eigenvalue weighted by Gasteiger charge is -2.40. The summed E-state index contributed by atoms with van der Waals surface area (Å²) in [5, 5.41) is 13.5. The number of phenolic OH excluding ortho intramolecular Hbond substituents is 1. The Hall–Kier alpha value is -1.14. The van der Waals surface area contributed by atoms with Crippen LogP contribution >= 0.6 is 27.5 Å². The zero-order chi connectivity index (χ0) is 15.8. The molecular formula is C14H18BrClN2O3. The summed E-state index contributed by atoms with van der Waals surface area (Å²) < 4.78 is 5.97. The minimum atomic E-state index is -0.493. The highest BCUT2D eigenvalue weighted by Gasteiger charge is 2.34. The van der Waals surface area contributed by atoms with Gasteiger partial charge in [-0.05, 0) is 42.8 Å². The Kier molecular flexibility index (Phi) is 4.58. The van der Waals surface area contributed by atoms with E-state index in [0.29, 0.717) is 28.3 Å². The van der Waals surface area contributed by atoms with Crippen molar-refractivity contribution in [2.45, 2.75) is 32.4 Å². The highest BCUT2D eigenvalue weighted by molar-refractivity contribution is 9.10. The van der Waals surface area contributed by atoms with E-state index in [-0.39, 0.29) is 17.9 Å². The number of nitrogens with one attached hydrogen (secondary N) is 1. The first kappa shape index (κ1) is 16.2. The maximum Gasteiger partial charge on any atom is 0.410 e. The number of nitrogens with zero attached hydrogens (tertiary/aromatic N) is 1. The first-order valence-electron chi connectivity index (χ1n) is 6.58. The number of hydrogen-bond acceptors (Lipinski definition) is 4. The molecule has 1 saturated heterocycles. The highest BCUT2D eigenvalue weighted by atomic mass is 79.9. The average Bonchev–Trinajstić information content (AvgIpc) is 2.21. The van der Waals surface area contributed by atoms with Crippen molar-refractivity contribution < 1.29 is 14.6 Å². The molecular weight excluding hydrogens is 360 g/mol. The smallest absolute Gasteiger partial charge is 0.410 e. The molecule has 2 N–H and O–H groups in total. The fourth-order valence-electron chi connectivity index (χ4n) is 1.95. The van der Waals surface area contributed by atoms with E-state index in [1.165, 1.54) is 6.07 Å².